The molecule has 0 unspecified atom stereocenters. The van der Waals surface area contributed by atoms with Crippen molar-refractivity contribution in [3.8, 4) is 17.2 Å². The molecule has 0 spiro atoms. The Balaban J connectivity index is 1.23. The highest BCUT2D eigenvalue weighted by atomic mass is 15.1. The van der Waals surface area contributed by atoms with E-state index in [2.05, 4.69) is 179 Å². The van der Waals surface area contributed by atoms with Gasteiger partial charge in [0, 0.05) is 43.3 Å². The number of rotatable bonds is 2. The molecule has 0 aliphatic heterocycles. The minimum Gasteiger partial charge on any atom is -0.308 e. The van der Waals surface area contributed by atoms with E-state index in [0.717, 1.165) is 44.5 Å². The molecule has 0 aliphatic rings. The summed E-state index contributed by atoms with van der Waals surface area (Å²) in [4.78, 5) is 10.9. The van der Waals surface area contributed by atoms with Crippen LogP contribution in [-0.2, 0) is 0 Å². The van der Waals surface area contributed by atoms with Crippen molar-refractivity contribution in [2.45, 2.75) is 0 Å². The Kier molecular flexibility index (Phi) is 5.34. The molecule has 0 fully saturated rings. The molecule has 0 saturated carbocycles. The van der Waals surface area contributed by atoms with Crippen molar-refractivity contribution in [1.29, 1.82) is 0 Å². The van der Waals surface area contributed by atoms with Gasteiger partial charge in [-0.1, -0.05) is 121 Å². The number of nitrogens with zero attached hydrogens (tertiary/aromatic N) is 4. The molecule has 0 N–H and O–H groups in total. The second-order valence-electron chi connectivity index (χ2n) is 14.5. The molecule has 13 aromatic rings. The lowest BCUT2D eigenvalue weighted by Gasteiger charge is -2.14. The molecule has 0 radical (unpaired) electrons. The molecule has 248 valence electrons. The van der Waals surface area contributed by atoms with E-state index in [0.29, 0.717) is 0 Å². The lowest BCUT2D eigenvalue weighted by molar-refractivity contribution is 1.08. The maximum Gasteiger partial charge on any atom is 0.162 e. The summed E-state index contributed by atoms with van der Waals surface area (Å²) < 4.78 is 4.90. The van der Waals surface area contributed by atoms with E-state index in [1.54, 1.807) is 0 Å². The summed E-state index contributed by atoms with van der Waals surface area (Å²) in [7, 11) is 0. The summed E-state index contributed by atoms with van der Waals surface area (Å²) >= 11 is 0. The monoisotopic (exact) mass is 684 g/mol. The smallest absolute Gasteiger partial charge is 0.162 e. The highest BCUT2D eigenvalue weighted by molar-refractivity contribution is 6.36. The van der Waals surface area contributed by atoms with Crippen LogP contribution < -0.4 is 0 Å². The van der Waals surface area contributed by atoms with Gasteiger partial charge in [-0.2, -0.15) is 0 Å². The predicted molar refractivity (Wildman–Crippen MR) is 226 cm³/mol. The molecule has 54 heavy (non-hydrogen) atoms. The van der Waals surface area contributed by atoms with E-state index in [-0.39, 0.29) is 0 Å². The minimum atomic E-state index is 0.718. The molecule has 9 aromatic carbocycles. The Morgan fingerprint density at radius 2 is 0.963 bits per heavy atom. The molecular weight excluding hydrogens is 657 g/mol. The third-order valence-electron chi connectivity index (χ3n) is 11.8. The SMILES string of the molecule is c1ccc2cc3c(cc2c1)c1cc2c(c4ccccc4n2-c2nc(-c4cc5ccccc5c5ccccc45)nc4ccccc24)c2c4ccccc4n3c12. The van der Waals surface area contributed by atoms with Crippen molar-refractivity contribution in [3.05, 3.63) is 170 Å². The zero-order valence-electron chi connectivity index (χ0n) is 29.0. The summed E-state index contributed by atoms with van der Waals surface area (Å²) in [6.45, 7) is 0. The Morgan fingerprint density at radius 3 is 1.78 bits per heavy atom. The van der Waals surface area contributed by atoms with Crippen molar-refractivity contribution in [1.82, 2.24) is 18.9 Å². The van der Waals surface area contributed by atoms with E-state index in [1.807, 2.05) is 0 Å². The van der Waals surface area contributed by atoms with Crippen molar-refractivity contribution in [2.75, 3.05) is 0 Å². The fourth-order valence-corrected chi connectivity index (χ4v) is 9.51. The first-order valence-corrected chi connectivity index (χ1v) is 18.5. The Morgan fingerprint density at radius 1 is 0.352 bits per heavy atom. The van der Waals surface area contributed by atoms with Crippen LogP contribution in [0.5, 0.6) is 0 Å². The van der Waals surface area contributed by atoms with Gasteiger partial charge in [-0.15, -0.1) is 0 Å². The predicted octanol–water partition coefficient (Wildman–Crippen LogP) is 13.0. The van der Waals surface area contributed by atoms with Crippen LogP contribution >= 0.6 is 0 Å². The molecule has 0 saturated heterocycles. The number of hydrogen-bond acceptors (Lipinski definition) is 2. The number of para-hydroxylation sites is 3. The maximum atomic E-state index is 5.60. The summed E-state index contributed by atoms with van der Waals surface area (Å²) in [6.07, 6.45) is 0. The van der Waals surface area contributed by atoms with E-state index in [1.165, 1.54) is 75.8 Å². The lowest BCUT2D eigenvalue weighted by Crippen LogP contribution is -2.03. The number of fused-ring (bicyclic) bond motifs is 15. The van der Waals surface area contributed by atoms with Crippen LogP contribution in [0, 0.1) is 0 Å². The van der Waals surface area contributed by atoms with Gasteiger partial charge in [0.1, 0.15) is 5.82 Å². The van der Waals surface area contributed by atoms with Gasteiger partial charge in [0.2, 0.25) is 0 Å². The van der Waals surface area contributed by atoms with Crippen molar-refractivity contribution < 1.29 is 0 Å². The zero-order valence-corrected chi connectivity index (χ0v) is 29.0. The van der Waals surface area contributed by atoms with Gasteiger partial charge in [-0.05, 0) is 80.8 Å². The first kappa shape index (κ1) is 28.3. The number of hydrogen-bond donors (Lipinski definition) is 0. The second-order valence-corrected chi connectivity index (χ2v) is 14.5. The van der Waals surface area contributed by atoms with Crippen LogP contribution in [0.1, 0.15) is 0 Å². The number of benzene rings is 9. The molecule has 4 heterocycles. The summed E-state index contributed by atoms with van der Waals surface area (Å²) in [5, 5.41) is 15.8. The van der Waals surface area contributed by atoms with Crippen LogP contribution in [-0.4, -0.2) is 18.9 Å². The molecule has 4 aromatic heterocycles. The third-order valence-corrected chi connectivity index (χ3v) is 11.8. The van der Waals surface area contributed by atoms with Gasteiger partial charge in [-0.3, -0.25) is 4.57 Å². The van der Waals surface area contributed by atoms with E-state index in [9.17, 15) is 0 Å². The molecule has 13 rings (SSSR count). The third kappa shape index (κ3) is 3.57. The molecule has 0 atom stereocenters. The Labute approximate surface area is 308 Å². The van der Waals surface area contributed by atoms with Gasteiger partial charge < -0.3 is 4.40 Å². The fraction of sp³-hybridized carbons (Fsp3) is 0. The highest BCUT2D eigenvalue weighted by Crippen LogP contribution is 2.47. The van der Waals surface area contributed by atoms with Crippen LogP contribution in [0.25, 0.3) is 120 Å². The normalized spacial score (nSPS) is 12.4. The number of aromatic nitrogens is 4. The topological polar surface area (TPSA) is 35.1 Å². The van der Waals surface area contributed by atoms with E-state index < -0.39 is 0 Å². The average molecular weight is 685 g/mol. The standard InChI is InChI=1S/C50H28N4/c1-2-14-30-27-44-38(25-29(30)13-1)39-28-45-46(47-37-21-9-11-23-42(37)53(44)48(39)47)36-20-8-12-24-43(36)54(45)50-35-19-7-10-22-41(35)51-49(52-50)40-26-31-15-3-4-16-32(31)33-17-5-6-18-34(33)40/h1-28H. The molecule has 0 aliphatic carbocycles. The zero-order chi connectivity index (χ0) is 35.1. The van der Waals surface area contributed by atoms with E-state index >= 15 is 0 Å². The average Bonchev–Trinajstić information content (AvgIpc) is 3.86. The minimum absolute atomic E-state index is 0.718. The van der Waals surface area contributed by atoms with Crippen LogP contribution in [0.2, 0.25) is 0 Å². The molecule has 4 heteroatoms. The van der Waals surface area contributed by atoms with Gasteiger partial charge >= 0.3 is 0 Å². The summed E-state index contributed by atoms with van der Waals surface area (Å²) in [5.74, 6) is 1.60. The fourth-order valence-electron chi connectivity index (χ4n) is 9.51. The van der Waals surface area contributed by atoms with Gasteiger partial charge in [0.05, 0.1) is 33.1 Å². The highest BCUT2D eigenvalue weighted by Gasteiger charge is 2.26. The molecule has 0 bridgehead atoms. The van der Waals surface area contributed by atoms with Crippen molar-refractivity contribution >= 4 is 103 Å². The lowest BCUT2D eigenvalue weighted by atomic mass is 9.97. The van der Waals surface area contributed by atoms with E-state index in [4.69, 9.17) is 9.97 Å². The molecular formula is C50H28N4. The van der Waals surface area contributed by atoms with Crippen molar-refractivity contribution in [3.63, 3.8) is 0 Å². The molecule has 0 amide bonds. The van der Waals surface area contributed by atoms with Gasteiger partial charge in [0.25, 0.3) is 0 Å². The van der Waals surface area contributed by atoms with Gasteiger partial charge in [-0.25, -0.2) is 9.97 Å². The Bertz CT molecular complexity index is 3740. The Hall–Kier alpha value is -7.30. The van der Waals surface area contributed by atoms with Crippen LogP contribution in [0.4, 0.5) is 0 Å². The maximum absolute atomic E-state index is 5.60. The second kappa shape index (κ2) is 10.2. The largest absolute Gasteiger partial charge is 0.308 e. The summed E-state index contributed by atoms with van der Waals surface area (Å²) in [5.41, 5.74) is 7.94. The van der Waals surface area contributed by atoms with Crippen molar-refractivity contribution in [2.24, 2.45) is 0 Å². The summed E-state index contributed by atoms with van der Waals surface area (Å²) in [6, 6.07) is 61.6. The van der Waals surface area contributed by atoms with Gasteiger partial charge in [0.15, 0.2) is 5.82 Å². The molecule has 4 nitrogen and oxygen atoms in total. The quantitative estimate of drug-likeness (QED) is 0.170. The first-order chi connectivity index (χ1) is 26.8. The van der Waals surface area contributed by atoms with Crippen LogP contribution in [0.3, 0.4) is 0 Å². The van der Waals surface area contributed by atoms with Crippen LogP contribution in [0.15, 0.2) is 170 Å². The first-order valence-electron chi connectivity index (χ1n) is 18.5.